The molecule has 5 heteroatoms. The van der Waals surface area contributed by atoms with Gasteiger partial charge in [0.2, 0.25) is 5.88 Å². The first-order valence-electron chi connectivity index (χ1n) is 6.22. The van der Waals surface area contributed by atoms with Gasteiger partial charge in [-0.05, 0) is 25.0 Å². The molecule has 18 heavy (non-hydrogen) atoms. The van der Waals surface area contributed by atoms with Crippen LogP contribution in [-0.2, 0) is 0 Å². The van der Waals surface area contributed by atoms with Crippen LogP contribution in [0, 0.1) is 0 Å². The number of nitrogens with zero attached hydrogens (tertiary/aromatic N) is 1. The number of methoxy groups -OCH3 is 1. The minimum atomic E-state index is -0.136. The molecular formula is C13H17ClN2O2. The van der Waals surface area contributed by atoms with E-state index in [1.807, 2.05) is 0 Å². The standard InChI is InChI=1S/C13H17ClN2O2/c1-18-13-10(7-8-11(14)16-13)12(17)15-9-5-3-2-4-6-9/h7-9H,2-6H2,1H3,(H,15,17). The van der Waals surface area contributed by atoms with Gasteiger partial charge in [0.15, 0.2) is 0 Å². The molecule has 1 fully saturated rings. The molecule has 0 bridgehead atoms. The predicted molar refractivity (Wildman–Crippen MR) is 70.1 cm³/mol. The summed E-state index contributed by atoms with van der Waals surface area (Å²) in [7, 11) is 1.48. The largest absolute Gasteiger partial charge is 0.480 e. The van der Waals surface area contributed by atoms with Crippen molar-refractivity contribution in [2.45, 2.75) is 38.1 Å². The van der Waals surface area contributed by atoms with Crippen LogP contribution in [0.1, 0.15) is 42.5 Å². The van der Waals surface area contributed by atoms with Gasteiger partial charge in [0.25, 0.3) is 5.91 Å². The van der Waals surface area contributed by atoms with Crippen LogP contribution >= 0.6 is 11.6 Å². The number of hydrogen-bond donors (Lipinski definition) is 1. The zero-order valence-electron chi connectivity index (χ0n) is 10.4. The Hall–Kier alpha value is -1.29. The molecule has 1 aromatic rings. The maximum atomic E-state index is 12.1. The van der Waals surface area contributed by atoms with Crippen LogP contribution in [0.25, 0.3) is 0 Å². The van der Waals surface area contributed by atoms with Gasteiger partial charge in [-0.15, -0.1) is 0 Å². The van der Waals surface area contributed by atoms with Crippen molar-refractivity contribution in [2.75, 3.05) is 7.11 Å². The van der Waals surface area contributed by atoms with E-state index in [-0.39, 0.29) is 17.8 Å². The monoisotopic (exact) mass is 268 g/mol. The van der Waals surface area contributed by atoms with Gasteiger partial charge in [-0.3, -0.25) is 4.79 Å². The number of hydrogen-bond acceptors (Lipinski definition) is 3. The molecule has 98 valence electrons. The molecule has 0 spiro atoms. The maximum absolute atomic E-state index is 12.1. The first kappa shape index (κ1) is 13.1. The summed E-state index contributed by atoms with van der Waals surface area (Å²) in [6.07, 6.45) is 5.73. The van der Waals surface area contributed by atoms with E-state index in [1.165, 1.54) is 26.4 Å². The molecule has 0 atom stereocenters. The second-order valence-corrected chi connectivity index (χ2v) is 4.89. The van der Waals surface area contributed by atoms with Crippen molar-refractivity contribution in [1.29, 1.82) is 0 Å². The van der Waals surface area contributed by atoms with Crippen molar-refractivity contribution in [3.05, 3.63) is 22.8 Å². The highest BCUT2D eigenvalue weighted by Gasteiger charge is 2.19. The smallest absolute Gasteiger partial charge is 0.256 e. The molecule has 0 radical (unpaired) electrons. The number of aromatic nitrogens is 1. The quantitative estimate of drug-likeness (QED) is 0.858. The molecule has 0 aliphatic heterocycles. The summed E-state index contributed by atoms with van der Waals surface area (Å²) >= 11 is 5.77. The Labute approximate surface area is 112 Å². The Bertz CT molecular complexity index is 431. The van der Waals surface area contributed by atoms with E-state index in [9.17, 15) is 4.79 Å². The normalized spacial score (nSPS) is 16.3. The third-order valence-corrected chi connectivity index (χ3v) is 3.42. The Kier molecular flexibility index (Phi) is 4.42. The highest BCUT2D eigenvalue weighted by molar-refractivity contribution is 6.29. The van der Waals surface area contributed by atoms with E-state index >= 15 is 0 Å². The molecule has 0 aromatic carbocycles. The zero-order chi connectivity index (χ0) is 13.0. The number of amides is 1. The summed E-state index contributed by atoms with van der Waals surface area (Å²) < 4.78 is 5.08. The first-order valence-corrected chi connectivity index (χ1v) is 6.60. The Balaban J connectivity index is 2.08. The third kappa shape index (κ3) is 3.13. The van der Waals surface area contributed by atoms with E-state index in [0.717, 1.165) is 12.8 Å². The van der Waals surface area contributed by atoms with Gasteiger partial charge >= 0.3 is 0 Å². The summed E-state index contributed by atoms with van der Waals surface area (Å²) in [6, 6.07) is 3.51. The minimum absolute atomic E-state index is 0.136. The van der Waals surface area contributed by atoms with Gasteiger partial charge in [-0.25, -0.2) is 4.98 Å². The lowest BCUT2D eigenvalue weighted by Gasteiger charge is -2.23. The van der Waals surface area contributed by atoms with Crippen molar-refractivity contribution in [1.82, 2.24) is 10.3 Å². The van der Waals surface area contributed by atoms with Crippen molar-refractivity contribution in [3.63, 3.8) is 0 Å². The zero-order valence-corrected chi connectivity index (χ0v) is 11.2. The summed E-state index contributed by atoms with van der Waals surface area (Å²) in [4.78, 5) is 16.1. The summed E-state index contributed by atoms with van der Waals surface area (Å²) in [5.41, 5.74) is 0.437. The minimum Gasteiger partial charge on any atom is -0.480 e. The van der Waals surface area contributed by atoms with Crippen LogP contribution < -0.4 is 10.1 Å². The number of rotatable bonds is 3. The van der Waals surface area contributed by atoms with Gasteiger partial charge in [0.1, 0.15) is 10.7 Å². The summed E-state index contributed by atoms with van der Waals surface area (Å²) in [5.74, 6) is 0.138. The number of halogens is 1. The summed E-state index contributed by atoms with van der Waals surface area (Å²) in [6.45, 7) is 0. The topological polar surface area (TPSA) is 51.2 Å². The lowest BCUT2D eigenvalue weighted by atomic mass is 9.95. The molecule has 1 heterocycles. The van der Waals surface area contributed by atoms with Crippen LogP contribution in [0.15, 0.2) is 12.1 Å². The molecule has 1 saturated carbocycles. The number of carbonyl (C=O) groups excluding carboxylic acids is 1. The van der Waals surface area contributed by atoms with Crippen LogP contribution in [-0.4, -0.2) is 24.0 Å². The number of nitrogens with one attached hydrogen (secondary N) is 1. The average molecular weight is 269 g/mol. The van der Waals surface area contributed by atoms with E-state index in [0.29, 0.717) is 10.7 Å². The molecule has 1 amide bonds. The van der Waals surface area contributed by atoms with Gasteiger partial charge in [0.05, 0.1) is 7.11 Å². The lowest BCUT2D eigenvalue weighted by Crippen LogP contribution is -2.36. The van der Waals surface area contributed by atoms with Crippen LogP contribution in [0.4, 0.5) is 0 Å². The molecule has 0 unspecified atom stereocenters. The molecule has 4 nitrogen and oxygen atoms in total. The van der Waals surface area contributed by atoms with E-state index in [4.69, 9.17) is 16.3 Å². The highest BCUT2D eigenvalue weighted by atomic mass is 35.5. The van der Waals surface area contributed by atoms with E-state index < -0.39 is 0 Å². The number of carbonyl (C=O) groups is 1. The SMILES string of the molecule is COc1nc(Cl)ccc1C(=O)NC1CCCCC1. The van der Waals surface area contributed by atoms with Gasteiger partial charge < -0.3 is 10.1 Å². The fourth-order valence-corrected chi connectivity index (χ4v) is 2.40. The Morgan fingerprint density at radius 2 is 2.11 bits per heavy atom. The second kappa shape index (κ2) is 6.05. The molecule has 1 N–H and O–H groups in total. The molecular weight excluding hydrogens is 252 g/mol. The lowest BCUT2D eigenvalue weighted by molar-refractivity contribution is 0.0924. The van der Waals surface area contributed by atoms with Crippen LogP contribution in [0.5, 0.6) is 5.88 Å². The second-order valence-electron chi connectivity index (χ2n) is 4.50. The number of ether oxygens (including phenoxy) is 1. The van der Waals surface area contributed by atoms with E-state index in [1.54, 1.807) is 12.1 Å². The van der Waals surface area contributed by atoms with Crippen molar-refractivity contribution in [3.8, 4) is 5.88 Å². The number of pyridine rings is 1. The summed E-state index contributed by atoms with van der Waals surface area (Å²) in [5, 5.41) is 3.35. The highest BCUT2D eigenvalue weighted by Crippen LogP contribution is 2.21. The van der Waals surface area contributed by atoms with Gasteiger partial charge in [-0.2, -0.15) is 0 Å². The van der Waals surface area contributed by atoms with Crippen LogP contribution in [0.2, 0.25) is 5.15 Å². The molecule has 1 aliphatic rings. The van der Waals surface area contributed by atoms with Gasteiger partial charge in [-0.1, -0.05) is 30.9 Å². The van der Waals surface area contributed by atoms with Crippen molar-refractivity contribution < 1.29 is 9.53 Å². The Morgan fingerprint density at radius 1 is 1.39 bits per heavy atom. The molecule has 0 saturated heterocycles. The maximum Gasteiger partial charge on any atom is 0.256 e. The van der Waals surface area contributed by atoms with Gasteiger partial charge in [0, 0.05) is 6.04 Å². The predicted octanol–water partition coefficient (Wildman–Crippen LogP) is 2.81. The average Bonchev–Trinajstić information content (AvgIpc) is 2.39. The van der Waals surface area contributed by atoms with Crippen molar-refractivity contribution >= 4 is 17.5 Å². The molecule has 1 aromatic heterocycles. The molecule has 1 aliphatic carbocycles. The fraction of sp³-hybridized carbons (Fsp3) is 0.538. The molecule has 2 rings (SSSR count). The van der Waals surface area contributed by atoms with Crippen LogP contribution in [0.3, 0.4) is 0 Å². The third-order valence-electron chi connectivity index (χ3n) is 3.20. The van der Waals surface area contributed by atoms with E-state index in [2.05, 4.69) is 10.3 Å². The first-order chi connectivity index (χ1) is 8.70. The fourth-order valence-electron chi connectivity index (χ4n) is 2.26. The van der Waals surface area contributed by atoms with Crippen molar-refractivity contribution in [2.24, 2.45) is 0 Å². The Morgan fingerprint density at radius 3 is 2.78 bits per heavy atom.